The number of aryl methyl sites for hydroxylation is 1. The molecular weight excluding hydrogens is 314 g/mol. The van der Waals surface area contributed by atoms with E-state index in [1.54, 1.807) is 23.2 Å². The number of aromatic nitrogens is 2. The Labute approximate surface area is 138 Å². The fourth-order valence-electron chi connectivity index (χ4n) is 2.62. The maximum absolute atomic E-state index is 12.4. The van der Waals surface area contributed by atoms with Crippen molar-refractivity contribution < 1.29 is 14.3 Å². The molecule has 0 radical (unpaired) electrons. The highest BCUT2D eigenvalue weighted by Crippen LogP contribution is 2.34. The van der Waals surface area contributed by atoms with Gasteiger partial charge in [-0.1, -0.05) is 6.07 Å². The van der Waals surface area contributed by atoms with Gasteiger partial charge < -0.3 is 9.64 Å². The molecule has 7 heteroatoms. The number of nitrogens with zero attached hydrogens (tertiary/aromatic N) is 3. The zero-order valence-electron chi connectivity index (χ0n) is 12.8. The molecule has 0 spiro atoms. The molecule has 1 saturated heterocycles. The molecule has 120 valence electrons. The molecule has 2 aromatic rings. The number of hydrogen-bond acceptors (Lipinski definition) is 6. The Bertz CT molecular complexity index is 685. The summed E-state index contributed by atoms with van der Waals surface area (Å²) in [4.78, 5) is 35.2. The van der Waals surface area contributed by atoms with Crippen LogP contribution in [0.2, 0.25) is 0 Å². The molecule has 0 N–H and O–H groups in total. The highest BCUT2D eigenvalue weighted by molar-refractivity contribution is 7.10. The monoisotopic (exact) mass is 331 g/mol. The maximum atomic E-state index is 12.4. The number of thiophene rings is 1. The van der Waals surface area contributed by atoms with E-state index in [0.29, 0.717) is 12.2 Å². The summed E-state index contributed by atoms with van der Waals surface area (Å²) in [5.41, 5.74) is 0.827. The minimum atomic E-state index is -0.627. The van der Waals surface area contributed by atoms with Gasteiger partial charge in [-0.3, -0.25) is 9.78 Å². The second-order valence-corrected chi connectivity index (χ2v) is 6.36. The standard InChI is InChI=1S/C16H17N3O3S/c1-11-8-18-12(9-17-11)16(21)22-10-15(20)19-6-2-4-13(19)14-5-3-7-23-14/h3,5,7-9,13H,2,4,6,10H2,1H3/t13-/m1/s1. The Hall–Kier alpha value is -2.28. The van der Waals surface area contributed by atoms with Crippen molar-refractivity contribution in [2.24, 2.45) is 0 Å². The first-order valence-corrected chi connectivity index (χ1v) is 8.32. The van der Waals surface area contributed by atoms with Gasteiger partial charge in [-0.05, 0) is 31.2 Å². The quantitative estimate of drug-likeness (QED) is 0.804. The molecule has 1 aliphatic heterocycles. The van der Waals surface area contributed by atoms with Crippen molar-refractivity contribution in [3.63, 3.8) is 0 Å². The van der Waals surface area contributed by atoms with Gasteiger partial charge in [-0.15, -0.1) is 11.3 Å². The molecule has 1 atom stereocenters. The highest BCUT2D eigenvalue weighted by atomic mass is 32.1. The van der Waals surface area contributed by atoms with Gasteiger partial charge in [0.25, 0.3) is 5.91 Å². The van der Waals surface area contributed by atoms with Crippen LogP contribution in [0, 0.1) is 6.92 Å². The van der Waals surface area contributed by atoms with Crippen LogP contribution in [0.25, 0.3) is 0 Å². The van der Waals surface area contributed by atoms with Gasteiger partial charge in [0.15, 0.2) is 12.3 Å². The largest absolute Gasteiger partial charge is 0.451 e. The summed E-state index contributed by atoms with van der Waals surface area (Å²) in [6.07, 6.45) is 4.76. The number of ether oxygens (including phenoxy) is 1. The first-order chi connectivity index (χ1) is 11.1. The van der Waals surface area contributed by atoms with Crippen LogP contribution in [0.3, 0.4) is 0 Å². The van der Waals surface area contributed by atoms with E-state index in [9.17, 15) is 9.59 Å². The van der Waals surface area contributed by atoms with Crippen LogP contribution in [0.5, 0.6) is 0 Å². The average molecular weight is 331 g/mol. The Morgan fingerprint density at radius 1 is 1.39 bits per heavy atom. The lowest BCUT2D eigenvalue weighted by atomic mass is 10.2. The summed E-state index contributed by atoms with van der Waals surface area (Å²) in [7, 11) is 0. The van der Waals surface area contributed by atoms with Crippen LogP contribution in [0.15, 0.2) is 29.9 Å². The summed E-state index contributed by atoms with van der Waals surface area (Å²) in [6.45, 7) is 2.21. The lowest BCUT2D eigenvalue weighted by Gasteiger charge is -2.23. The van der Waals surface area contributed by atoms with E-state index < -0.39 is 5.97 Å². The molecule has 0 aromatic carbocycles. The molecule has 0 unspecified atom stereocenters. The van der Waals surface area contributed by atoms with Crippen molar-refractivity contribution in [1.29, 1.82) is 0 Å². The second kappa shape index (κ2) is 6.87. The Kier molecular flexibility index (Phi) is 4.66. The smallest absolute Gasteiger partial charge is 0.359 e. The third kappa shape index (κ3) is 3.56. The van der Waals surface area contributed by atoms with Gasteiger partial charge in [0.1, 0.15) is 0 Å². The number of hydrogen-bond donors (Lipinski definition) is 0. The number of likely N-dealkylation sites (tertiary alicyclic amines) is 1. The van der Waals surface area contributed by atoms with E-state index in [0.717, 1.165) is 12.8 Å². The molecule has 0 saturated carbocycles. The predicted molar refractivity (Wildman–Crippen MR) is 85.1 cm³/mol. The summed E-state index contributed by atoms with van der Waals surface area (Å²) in [5.74, 6) is -0.799. The van der Waals surface area contributed by atoms with E-state index in [-0.39, 0.29) is 24.2 Å². The Morgan fingerprint density at radius 2 is 2.26 bits per heavy atom. The molecule has 23 heavy (non-hydrogen) atoms. The number of carbonyl (C=O) groups excluding carboxylic acids is 2. The fraction of sp³-hybridized carbons (Fsp3) is 0.375. The van der Waals surface area contributed by atoms with Crippen LogP contribution in [-0.2, 0) is 9.53 Å². The lowest BCUT2D eigenvalue weighted by molar-refractivity contribution is -0.135. The van der Waals surface area contributed by atoms with Gasteiger partial charge in [-0.2, -0.15) is 0 Å². The van der Waals surface area contributed by atoms with Gasteiger partial charge >= 0.3 is 5.97 Å². The molecule has 0 bridgehead atoms. The van der Waals surface area contributed by atoms with E-state index >= 15 is 0 Å². The predicted octanol–water partition coefficient (Wildman–Crippen LogP) is 2.37. The highest BCUT2D eigenvalue weighted by Gasteiger charge is 2.31. The minimum absolute atomic E-state index is 0.0976. The van der Waals surface area contributed by atoms with E-state index in [1.807, 2.05) is 17.5 Å². The number of carbonyl (C=O) groups is 2. The first kappa shape index (κ1) is 15.6. The molecular formula is C16H17N3O3S. The van der Waals surface area contributed by atoms with Crippen LogP contribution in [0.4, 0.5) is 0 Å². The molecule has 3 rings (SSSR count). The third-order valence-corrected chi connectivity index (χ3v) is 4.74. The van der Waals surface area contributed by atoms with Gasteiger partial charge in [0, 0.05) is 17.6 Å². The second-order valence-electron chi connectivity index (χ2n) is 5.38. The van der Waals surface area contributed by atoms with Gasteiger partial charge in [-0.25, -0.2) is 9.78 Å². The lowest BCUT2D eigenvalue weighted by Crippen LogP contribution is -2.34. The number of amides is 1. The SMILES string of the molecule is Cc1cnc(C(=O)OCC(=O)N2CCC[C@@H]2c2cccs2)cn1. The van der Waals surface area contributed by atoms with Crippen LogP contribution in [-0.4, -0.2) is 39.9 Å². The van der Waals surface area contributed by atoms with Crippen molar-refractivity contribution in [2.45, 2.75) is 25.8 Å². The van der Waals surface area contributed by atoms with E-state index in [1.165, 1.54) is 17.3 Å². The molecule has 6 nitrogen and oxygen atoms in total. The topological polar surface area (TPSA) is 72.4 Å². The third-order valence-electron chi connectivity index (χ3n) is 3.76. The van der Waals surface area contributed by atoms with Crippen molar-refractivity contribution in [2.75, 3.05) is 13.2 Å². The summed E-state index contributed by atoms with van der Waals surface area (Å²) in [6, 6.07) is 4.12. The van der Waals surface area contributed by atoms with Crippen molar-refractivity contribution >= 4 is 23.2 Å². The molecule has 1 aliphatic rings. The maximum Gasteiger partial charge on any atom is 0.359 e. The van der Waals surface area contributed by atoms with E-state index in [2.05, 4.69) is 9.97 Å². The van der Waals surface area contributed by atoms with Crippen molar-refractivity contribution in [3.8, 4) is 0 Å². The molecule has 3 heterocycles. The summed E-state index contributed by atoms with van der Waals surface area (Å²) in [5, 5.41) is 2.01. The molecule has 2 aromatic heterocycles. The number of rotatable bonds is 4. The molecule has 0 aliphatic carbocycles. The Balaban J connectivity index is 1.58. The van der Waals surface area contributed by atoms with E-state index in [4.69, 9.17) is 4.74 Å². The first-order valence-electron chi connectivity index (χ1n) is 7.44. The van der Waals surface area contributed by atoms with Crippen molar-refractivity contribution in [1.82, 2.24) is 14.9 Å². The van der Waals surface area contributed by atoms with Crippen molar-refractivity contribution in [3.05, 3.63) is 46.2 Å². The molecule has 1 fully saturated rings. The van der Waals surface area contributed by atoms with Crippen LogP contribution < -0.4 is 0 Å². The average Bonchev–Trinajstić information content (AvgIpc) is 3.23. The van der Waals surface area contributed by atoms with Crippen LogP contribution in [0.1, 0.15) is 39.9 Å². The zero-order valence-corrected chi connectivity index (χ0v) is 13.6. The molecule has 1 amide bonds. The number of esters is 1. The minimum Gasteiger partial charge on any atom is -0.451 e. The Morgan fingerprint density at radius 3 is 2.96 bits per heavy atom. The fourth-order valence-corrected chi connectivity index (χ4v) is 3.50. The summed E-state index contributed by atoms with van der Waals surface area (Å²) >= 11 is 1.64. The van der Waals surface area contributed by atoms with Gasteiger partial charge in [0.05, 0.1) is 17.9 Å². The normalized spacial score (nSPS) is 17.3. The summed E-state index contributed by atoms with van der Waals surface area (Å²) < 4.78 is 5.08. The van der Waals surface area contributed by atoms with Gasteiger partial charge in [0.2, 0.25) is 0 Å². The van der Waals surface area contributed by atoms with Crippen LogP contribution >= 0.6 is 11.3 Å². The zero-order chi connectivity index (χ0) is 16.2.